The van der Waals surface area contributed by atoms with Crippen LogP contribution in [0.5, 0.6) is 0 Å². The maximum atomic E-state index is 12.6. The summed E-state index contributed by atoms with van der Waals surface area (Å²) in [4.78, 5) is 29.3. The molecule has 2 aromatic heterocycles. The minimum atomic E-state index is -0.339. The zero-order valence-electron chi connectivity index (χ0n) is 13.9. The molecule has 3 aromatic rings. The number of halogens is 1. The Morgan fingerprint density at radius 2 is 2.00 bits per heavy atom. The van der Waals surface area contributed by atoms with Gasteiger partial charge in [-0.15, -0.1) is 0 Å². The smallest absolute Gasteiger partial charge is 0.320 e. The van der Waals surface area contributed by atoms with Crippen LogP contribution in [0, 0.1) is 5.92 Å². The first-order chi connectivity index (χ1) is 11.4. The van der Waals surface area contributed by atoms with Crippen molar-refractivity contribution in [1.29, 1.82) is 0 Å². The van der Waals surface area contributed by atoms with Gasteiger partial charge in [-0.3, -0.25) is 13.9 Å². The lowest BCUT2D eigenvalue weighted by atomic mass is 10.2. The molecule has 0 amide bonds. The lowest BCUT2D eigenvalue weighted by Crippen LogP contribution is -2.39. The van der Waals surface area contributed by atoms with E-state index in [4.69, 9.17) is 11.6 Å². The molecule has 2 heterocycles. The fraction of sp³-hybridized carbons (Fsp3) is 0.353. The summed E-state index contributed by atoms with van der Waals surface area (Å²) in [6, 6.07) is 7.45. The minimum absolute atomic E-state index is 0.265. The Kier molecular flexibility index (Phi) is 4.32. The van der Waals surface area contributed by atoms with Gasteiger partial charge in [0.15, 0.2) is 11.2 Å². The van der Waals surface area contributed by atoms with Crippen molar-refractivity contribution in [3.63, 3.8) is 0 Å². The van der Waals surface area contributed by atoms with Crippen LogP contribution in [-0.4, -0.2) is 18.7 Å². The molecule has 1 aromatic carbocycles. The van der Waals surface area contributed by atoms with E-state index in [1.807, 2.05) is 32.0 Å². The standard InChI is InChI=1S/C17H19ClN4O2/c1-11(2)8-22-15-14(16(23)20(3)17(22)24)21(10-19-15)9-12-5-4-6-13(18)7-12/h4-7,10-11H,8-9H2,1-3H3. The van der Waals surface area contributed by atoms with Crippen molar-refractivity contribution in [3.8, 4) is 0 Å². The Bertz CT molecular complexity index is 1010. The third-order valence-corrected chi connectivity index (χ3v) is 4.12. The molecule has 0 spiro atoms. The summed E-state index contributed by atoms with van der Waals surface area (Å²) in [5.41, 5.74) is 1.14. The van der Waals surface area contributed by atoms with Crippen LogP contribution in [0.3, 0.4) is 0 Å². The van der Waals surface area contributed by atoms with Crippen molar-refractivity contribution in [2.75, 3.05) is 0 Å². The van der Waals surface area contributed by atoms with Gasteiger partial charge in [0.05, 0.1) is 6.33 Å². The number of hydrogen-bond acceptors (Lipinski definition) is 3. The topological polar surface area (TPSA) is 61.8 Å². The highest BCUT2D eigenvalue weighted by atomic mass is 35.5. The number of imidazole rings is 1. The quantitative estimate of drug-likeness (QED) is 0.728. The largest absolute Gasteiger partial charge is 0.332 e. The van der Waals surface area contributed by atoms with Crippen molar-refractivity contribution >= 4 is 22.8 Å². The van der Waals surface area contributed by atoms with E-state index >= 15 is 0 Å². The van der Waals surface area contributed by atoms with Gasteiger partial charge in [-0.05, 0) is 23.6 Å². The number of aromatic nitrogens is 4. The van der Waals surface area contributed by atoms with Crippen molar-refractivity contribution in [2.24, 2.45) is 13.0 Å². The van der Waals surface area contributed by atoms with E-state index in [0.717, 1.165) is 10.1 Å². The summed E-state index contributed by atoms with van der Waals surface area (Å²) in [5, 5.41) is 0.640. The van der Waals surface area contributed by atoms with Gasteiger partial charge in [0.25, 0.3) is 5.56 Å². The van der Waals surface area contributed by atoms with Gasteiger partial charge in [0.1, 0.15) is 0 Å². The van der Waals surface area contributed by atoms with E-state index in [0.29, 0.717) is 29.3 Å². The Hall–Kier alpha value is -2.34. The van der Waals surface area contributed by atoms with Gasteiger partial charge in [0, 0.05) is 25.2 Å². The molecule has 6 nitrogen and oxygen atoms in total. The molecule has 0 unspecified atom stereocenters. The molecule has 0 aliphatic rings. The average molecular weight is 347 g/mol. The van der Waals surface area contributed by atoms with Crippen LogP contribution < -0.4 is 11.2 Å². The fourth-order valence-corrected chi connectivity index (χ4v) is 3.00. The molecule has 0 N–H and O–H groups in total. The van der Waals surface area contributed by atoms with Gasteiger partial charge < -0.3 is 4.57 Å². The molecular formula is C17H19ClN4O2. The van der Waals surface area contributed by atoms with Crippen LogP contribution in [0.25, 0.3) is 11.2 Å². The molecule has 0 radical (unpaired) electrons. The molecule has 0 aliphatic heterocycles. The summed E-state index contributed by atoms with van der Waals surface area (Å²) >= 11 is 6.03. The normalized spacial score (nSPS) is 11.5. The Labute approximate surface area is 143 Å². The monoisotopic (exact) mass is 346 g/mol. The number of nitrogens with zero attached hydrogens (tertiary/aromatic N) is 4. The first-order valence-electron chi connectivity index (χ1n) is 7.77. The lowest BCUT2D eigenvalue weighted by Gasteiger charge is -2.12. The van der Waals surface area contributed by atoms with Crippen molar-refractivity contribution in [3.05, 3.63) is 62.0 Å². The molecule has 0 aliphatic carbocycles. The van der Waals surface area contributed by atoms with Crippen LogP contribution in [0.15, 0.2) is 40.2 Å². The third-order valence-electron chi connectivity index (χ3n) is 3.89. The lowest BCUT2D eigenvalue weighted by molar-refractivity contribution is 0.500. The van der Waals surface area contributed by atoms with E-state index in [1.165, 1.54) is 7.05 Å². The zero-order chi connectivity index (χ0) is 17.4. The number of rotatable bonds is 4. The van der Waals surface area contributed by atoms with Crippen molar-refractivity contribution in [2.45, 2.75) is 26.9 Å². The second kappa shape index (κ2) is 6.28. The summed E-state index contributed by atoms with van der Waals surface area (Å²) in [6.07, 6.45) is 1.60. The molecule has 24 heavy (non-hydrogen) atoms. The molecule has 0 saturated heterocycles. The van der Waals surface area contributed by atoms with E-state index in [-0.39, 0.29) is 17.2 Å². The molecule has 0 atom stereocenters. The second-order valence-electron chi connectivity index (χ2n) is 6.33. The van der Waals surface area contributed by atoms with E-state index in [2.05, 4.69) is 4.98 Å². The summed E-state index contributed by atoms with van der Waals surface area (Å²) in [6.45, 7) is 5.02. The van der Waals surface area contributed by atoms with Crippen molar-refractivity contribution < 1.29 is 0 Å². The van der Waals surface area contributed by atoms with Gasteiger partial charge in [-0.2, -0.15) is 0 Å². The fourth-order valence-electron chi connectivity index (χ4n) is 2.79. The first-order valence-corrected chi connectivity index (χ1v) is 8.15. The first kappa shape index (κ1) is 16.5. The zero-order valence-corrected chi connectivity index (χ0v) is 14.6. The highest BCUT2D eigenvalue weighted by Crippen LogP contribution is 2.14. The Balaban J connectivity index is 2.20. The summed E-state index contributed by atoms with van der Waals surface area (Å²) in [5.74, 6) is 0.265. The van der Waals surface area contributed by atoms with Gasteiger partial charge in [-0.25, -0.2) is 9.78 Å². The number of benzene rings is 1. The van der Waals surface area contributed by atoms with Crippen LogP contribution in [0.1, 0.15) is 19.4 Å². The highest BCUT2D eigenvalue weighted by Gasteiger charge is 2.17. The van der Waals surface area contributed by atoms with Gasteiger partial charge >= 0.3 is 5.69 Å². The minimum Gasteiger partial charge on any atom is -0.320 e. The van der Waals surface area contributed by atoms with Crippen LogP contribution in [-0.2, 0) is 20.1 Å². The van der Waals surface area contributed by atoms with E-state index < -0.39 is 0 Å². The molecule has 7 heteroatoms. The van der Waals surface area contributed by atoms with Crippen LogP contribution >= 0.6 is 11.6 Å². The third kappa shape index (κ3) is 2.89. The predicted molar refractivity (Wildman–Crippen MR) is 94.6 cm³/mol. The molecule has 0 fully saturated rings. The Morgan fingerprint density at radius 3 is 2.67 bits per heavy atom. The predicted octanol–water partition coefficient (Wildman–Crippen LogP) is 2.25. The molecule has 0 bridgehead atoms. The maximum Gasteiger partial charge on any atom is 0.332 e. The van der Waals surface area contributed by atoms with Gasteiger partial charge in [-0.1, -0.05) is 37.6 Å². The van der Waals surface area contributed by atoms with Crippen molar-refractivity contribution in [1.82, 2.24) is 18.7 Å². The SMILES string of the molecule is CC(C)Cn1c(=O)n(C)c(=O)c2c1ncn2Cc1cccc(Cl)c1. The van der Waals surface area contributed by atoms with E-state index in [1.54, 1.807) is 21.5 Å². The second-order valence-corrected chi connectivity index (χ2v) is 6.76. The van der Waals surface area contributed by atoms with Gasteiger partial charge in [0.2, 0.25) is 0 Å². The average Bonchev–Trinajstić information content (AvgIpc) is 2.93. The molecule has 3 rings (SSSR count). The summed E-state index contributed by atoms with van der Waals surface area (Å²) < 4.78 is 4.47. The molecule has 0 saturated carbocycles. The van der Waals surface area contributed by atoms with Crippen LogP contribution in [0.4, 0.5) is 0 Å². The summed E-state index contributed by atoms with van der Waals surface area (Å²) in [7, 11) is 1.50. The molecular weight excluding hydrogens is 328 g/mol. The molecule has 126 valence electrons. The Morgan fingerprint density at radius 1 is 1.25 bits per heavy atom. The van der Waals surface area contributed by atoms with E-state index in [9.17, 15) is 9.59 Å². The number of fused-ring (bicyclic) bond motifs is 1. The number of hydrogen-bond donors (Lipinski definition) is 0. The highest BCUT2D eigenvalue weighted by molar-refractivity contribution is 6.30. The maximum absolute atomic E-state index is 12.6. The van der Waals surface area contributed by atoms with Crippen LogP contribution in [0.2, 0.25) is 5.02 Å².